The maximum Gasteiger partial charge on any atom is 0.349 e. The van der Waals surface area contributed by atoms with Crippen molar-refractivity contribution < 1.29 is 14.4 Å². The normalized spacial score (nSPS) is 11.8. The molecule has 0 aliphatic carbocycles. The van der Waals surface area contributed by atoms with E-state index in [0.29, 0.717) is 0 Å². The molecule has 0 atom stereocenters. The van der Waals surface area contributed by atoms with Gasteiger partial charge in [0.2, 0.25) is 0 Å². The Balaban J connectivity index is 0. The summed E-state index contributed by atoms with van der Waals surface area (Å²) < 4.78 is 11.4. The fraction of sp³-hybridized carbons (Fsp3) is 0.941. The third kappa shape index (κ3) is 15.3. The van der Waals surface area contributed by atoms with Crippen LogP contribution in [0.1, 0.15) is 86.0 Å². The summed E-state index contributed by atoms with van der Waals surface area (Å²) in [6.07, 6.45) is 12.3. The molecular formula is C17H40O3P2. The molecule has 136 valence electrons. The van der Waals surface area contributed by atoms with Crippen molar-refractivity contribution in [3.63, 3.8) is 0 Å². The standard InChI is InChI=1S/C13H30O3P2.C4H10/c1-4-7-10-17(11-8-5-2,12-9-6-3)13-18(14,15)16;1-3-4-2/h13H,4-12H2,1-3H3,(H2,14,15,16);3-4H2,1-2H3. The van der Waals surface area contributed by atoms with Gasteiger partial charge < -0.3 is 9.79 Å². The first kappa shape index (κ1) is 24.7. The summed E-state index contributed by atoms with van der Waals surface area (Å²) in [6, 6.07) is 0. The van der Waals surface area contributed by atoms with Crippen LogP contribution in [0, 0.1) is 0 Å². The van der Waals surface area contributed by atoms with Crippen LogP contribution in [0.15, 0.2) is 0 Å². The number of hydrogen-bond acceptors (Lipinski definition) is 1. The first-order valence-electron chi connectivity index (χ1n) is 9.08. The molecule has 0 saturated heterocycles. The van der Waals surface area contributed by atoms with E-state index >= 15 is 0 Å². The highest BCUT2D eigenvalue weighted by molar-refractivity contribution is 7.91. The lowest BCUT2D eigenvalue weighted by molar-refractivity contribution is 0.393. The van der Waals surface area contributed by atoms with E-state index in [4.69, 9.17) is 0 Å². The van der Waals surface area contributed by atoms with E-state index in [2.05, 4.69) is 34.6 Å². The Morgan fingerprint density at radius 2 is 1.00 bits per heavy atom. The van der Waals surface area contributed by atoms with Crippen molar-refractivity contribution in [1.82, 2.24) is 0 Å². The van der Waals surface area contributed by atoms with E-state index in [1.807, 2.05) is 0 Å². The number of unbranched alkanes of at least 4 members (excludes halogenated alkanes) is 4. The van der Waals surface area contributed by atoms with Crippen LogP contribution in [0.25, 0.3) is 0 Å². The molecule has 0 aromatic heterocycles. The van der Waals surface area contributed by atoms with Gasteiger partial charge in [-0.15, -0.1) is 0 Å². The molecule has 0 saturated carbocycles. The Morgan fingerprint density at radius 1 is 0.682 bits per heavy atom. The predicted molar refractivity (Wildman–Crippen MR) is 105 cm³/mol. The highest BCUT2D eigenvalue weighted by Crippen LogP contribution is 2.55. The number of rotatable bonds is 11. The maximum atomic E-state index is 11.4. The zero-order valence-corrected chi connectivity index (χ0v) is 17.3. The fourth-order valence-corrected chi connectivity index (χ4v) is 9.69. The SMILES string of the molecule is CCCC.CCCCP(=CP(=O)(O)O)(CCCC)CCCC. The van der Waals surface area contributed by atoms with Gasteiger partial charge in [-0.25, -0.2) is 0 Å². The first-order valence-corrected chi connectivity index (χ1v) is 13.2. The largest absolute Gasteiger partial charge is 0.349 e. The Kier molecular flexibility index (Phi) is 16.8. The third-order valence-corrected chi connectivity index (χ3v) is 10.5. The van der Waals surface area contributed by atoms with Gasteiger partial charge in [0, 0.05) is 5.54 Å². The lowest BCUT2D eigenvalue weighted by atomic mass is 10.4. The molecule has 0 spiro atoms. The fourth-order valence-electron chi connectivity index (χ4n) is 2.25. The molecule has 0 aromatic carbocycles. The molecule has 0 aliphatic rings. The highest BCUT2D eigenvalue weighted by Gasteiger charge is 2.22. The molecule has 22 heavy (non-hydrogen) atoms. The minimum absolute atomic E-state index is 1.02. The van der Waals surface area contributed by atoms with Gasteiger partial charge in [-0.3, -0.25) is 4.57 Å². The summed E-state index contributed by atoms with van der Waals surface area (Å²) in [5.74, 6) is 0. The summed E-state index contributed by atoms with van der Waals surface area (Å²) >= 11 is 0. The van der Waals surface area contributed by atoms with Crippen molar-refractivity contribution >= 4 is 20.0 Å². The van der Waals surface area contributed by atoms with Crippen LogP contribution in [0.2, 0.25) is 0 Å². The van der Waals surface area contributed by atoms with Gasteiger partial charge in [0.05, 0.1) is 0 Å². The van der Waals surface area contributed by atoms with E-state index in [1.54, 1.807) is 0 Å². The summed E-state index contributed by atoms with van der Waals surface area (Å²) in [5.41, 5.74) is 1.47. The Hall–Kier alpha value is 0.450. The lowest BCUT2D eigenvalue weighted by Crippen LogP contribution is -2.04. The molecule has 0 aliphatic heterocycles. The zero-order valence-electron chi connectivity index (χ0n) is 15.6. The monoisotopic (exact) mass is 354 g/mol. The van der Waals surface area contributed by atoms with E-state index < -0.39 is 14.5 Å². The second kappa shape index (κ2) is 15.0. The highest BCUT2D eigenvalue weighted by atomic mass is 31.2. The summed E-state index contributed by atoms with van der Waals surface area (Å²) in [4.78, 5) is 18.7. The first-order chi connectivity index (χ1) is 10.3. The summed E-state index contributed by atoms with van der Waals surface area (Å²) in [7, 11) is -3.98. The van der Waals surface area contributed by atoms with Gasteiger partial charge in [-0.2, -0.15) is 0 Å². The predicted octanol–water partition coefficient (Wildman–Crippen LogP) is 6.15. The second-order valence-electron chi connectivity index (χ2n) is 6.15. The topological polar surface area (TPSA) is 57.5 Å². The van der Waals surface area contributed by atoms with E-state index in [0.717, 1.165) is 57.0 Å². The van der Waals surface area contributed by atoms with Crippen molar-refractivity contribution in [3.05, 3.63) is 0 Å². The number of hydrogen-bond donors (Lipinski definition) is 2. The van der Waals surface area contributed by atoms with Crippen LogP contribution in [0.3, 0.4) is 0 Å². The molecule has 0 radical (unpaired) electrons. The molecule has 0 fully saturated rings. The maximum absolute atomic E-state index is 11.4. The van der Waals surface area contributed by atoms with Crippen molar-refractivity contribution in [2.24, 2.45) is 0 Å². The van der Waals surface area contributed by atoms with Crippen LogP contribution < -0.4 is 0 Å². The van der Waals surface area contributed by atoms with E-state index in [9.17, 15) is 14.4 Å². The molecule has 0 heterocycles. The van der Waals surface area contributed by atoms with Crippen molar-refractivity contribution in [1.29, 1.82) is 0 Å². The minimum atomic E-state index is -3.98. The minimum Gasteiger partial charge on any atom is -0.321 e. The molecule has 5 heteroatoms. The molecule has 0 aromatic rings. The molecule has 2 N–H and O–H groups in total. The van der Waals surface area contributed by atoms with Gasteiger partial charge in [-0.05, 0) is 37.7 Å². The van der Waals surface area contributed by atoms with Gasteiger partial charge in [0.25, 0.3) is 0 Å². The van der Waals surface area contributed by atoms with Crippen LogP contribution in [0.4, 0.5) is 0 Å². The van der Waals surface area contributed by atoms with Crippen LogP contribution in [-0.2, 0) is 4.57 Å². The quantitative estimate of drug-likeness (QED) is 0.438. The van der Waals surface area contributed by atoms with Crippen LogP contribution >= 0.6 is 14.5 Å². The molecule has 0 rings (SSSR count). The molecule has 0 amide bonds. The summed E-state index contributed by atoms with van der Waals surface area (Å²) in [6.45, 7) is 9.24. The Morgan fingerprint density at radius 3 is 1.18 bits per heavy atom. The molecule has 3 nitrogen and oxygen atoms in total. The van der Waals surface area contributed by atoms with Crippen molar-refractivity contribution in [2.45, 2.75) is 86.0 Å². The van der Waals surface area contributed by atoms with Gasteiger partial charge in [0.1, 0.15) is 0 Å². The Labute approximate surface area is 139 Å². The zero-order chi connectivity index (χ0) is 17.5. The van der Waals surface area contributed by atoms with Crippen LogP contribution in [-0.4, -0.2) is 33.8 Å². The van der Waals surface area contributed by atoms with Crippen LogP contribution in [0.5, 0.6) is 0 Å². The molecular weight excluding hydrogens is 314 g/mol. The van der Waals surface area contributed by atoms with Gasteiger partial charge >= 0.3 is 7.60 Å². The Bertz CT molecular complexity index is 304. The van der Waals surface area contributed by atoms with Crippen molar-refractivity contribution in [3.8, 4) is 0 Å². The molecule has 0 unspecified atom stereocenters. The smallest absolute Gasteiger partial charge is 0.321 e. The van der Waals surface area contributed by atoms with E-state index in [-0.39, 0.29) is 0 Å². The van der Waals surface area contributed by atoms with Gasteiger partial charge in [-0.1, -0.05) is 73.6 Å². The molecule has 0 bridgehead atoms. The average Bonchev–Trinajstić information content (AvgIpc) is 2.47. The summed E-state index contributed by atoms with van der Waals surface area (Å²) in [5, 5.41) is 0. The second-order valence-corrected chi connectivity index (χ2v) is 12.0. The van der Waals surface area contributed by atoms with Gasteiger partial charge in [0.15, 0.2) is 0 Å². The van der Waals surface area contributed by atoms with Crippen molar-refractivity contribution in [2.75, 3.05) is 18.5 Å². The van der Waals surface area contributed by atoms with E-state index in [1.165, 1.54) is 18.4 Å². The average molecular weight is 354 g/mol. The lowest BCUT2D eigenvalue weighted by Gasteiger charge is -2.26. The third-order valence-electron chi connectivity index (χ3n) is 3.77.